The number of hydrogen-bond acceptors (Lipinski definition) is 2. The first-order valence-electron chi connectivity index (χ1n) is 7.94. The molecule has 1 aromatic heterocycles. The zero-order valence-electron chi connectivity index (χ0n) is 16.1. The van der Waals surface area contributed by atoms with Gasteiger partial charge in [-0.15, -0.1) is 0 Å². The molecule has 0 aliphatic carbocycles. The van der Waals surface area contributed by atoms with Gasteiger partial charge >= 0.3 is 0 Å². The van der Waals surface area contributed by atoms with Crippen LogP contribution in [0.2, 0.25) is 0 Å². The fraction of sp³-hybridized carbons (Fsp3) is 0.450. The molecule has 1 aromatic carbocycles. The van der Waals surface area contributed by atoms with Crippen LogP contribution in [-0.2, 0) is 65.7 Å². The van der Waals surface area contributed by atoms with E-state index in [0.29, 0.717) is 5.39 Å². The van der Waals surface area contributed by atoms with Gasteiger partial charge in [0.2, 0.25) is 0 Å². The summed E-state index contributed by atoms with van der Waals surface area (Å²) in [6.07, 6.45) is 2.52. The van der Waals surface area contributed by atoms with Crippen molar-refractivity contribution >= 4 is 16.7 Å². The quantitative estimate of drug-likeness (QED) is 0.401. The van der Waals surface area contributed by atoms with Crippen LogP contribution in [-0.4, -0.2) is 10.4 Å². The van der Waals surface area contributed by atoms with Crippen LogP contribution in [0, 0.1) is 18.9 Å². The second-order valence-electron chi connectivity index (χ2n) is 7.51. The maximum Gasteiger partial charge on any atom is 0.164 e. The molecule has 2 rings (SSSR count). The van der Waals surface area contributed by atoms with E-state index in [4.69, 9.17) is 0 Å². The number of nitrogens with zero attached hydrogens (tertiary/aromatic N) is 1. The van der Waals surface area contributed by atoms with E-state index in [2.05, 4.69) is 45.3 Å². The molecule has 133 valence electrons. The Labute approximate surface area is 190 Å². The van der Waals surface area contributed by atoms with Crippen LogP contribution in [0.3, 0.4) is 0 Å². The van der Waals surface area contributed by atoms with E-state index in [0.717, 1.165) is 23.1 Å². The summed E-state index contributed by atoms with van der Waals surface area (Å²) in [5.74, 6) is 1.08. The van der Waals surface area contributed by atoms with E-state index >= 15 is 0 Å². The predicted octanol–water partition coefficient (Wildman–Crippen LogP) is 4.22. The van der Waals surface area contributed by atoms with E-state index in [1.807, 2.05) is 6.92 Å². The Balaban J connectivity index is 0.00000288. The van der Waals surface area contributed by atoms with Gasteiger partial charge in [-0.05, 0) is 27.7 Å². The molecule has 0 saturated heterocycles. The van der Waals surface area contributed by atoms with Gasteiger partial charge in [0.15, 0.2) is 5.78 Å². The normalized spacial score (nSPS) is 11.2. The van der Waals surface area contributed by atoms with Crippen molar-refractivity contribution in [2.24, 2.45) is 0 Å². The first-order valence-corrected chi connectivity index (χ1v) is 7.94. The van der Waals surface area contributed by atoms with Crippen molar-refractivity contribution < 1.29 is 58.6 Å². The second kappa shape index (κ2) is 9.20. The summed E-state index contributed by atoms with van der Waals surface area (Å²) in [7, 11) is 0. The van der Waals surface area contributed by atoms with Gasteiger partial charge in [0.25, 0.3) is 0 Å². The first-order chi connectivity index (χ1) is 10.5. The summed E-state index contributed by atoms with van der Waals surface area (Å²) < 4.78 is 2.07. The van der Waals surface area contributed by atoms with Gasteiger partial charge in [0, 0.05) is 65.5 Å². The number of Topliss-reactive ketones (excluding diaryl/α,β-unsaturated/α-hetero) is 1. The van der Waals surface area contributed by atoms with Gasteiger partial charge in [-0.3, -0.25) is 4.79 Å². The third-order valence-corrected chi connectivity index (χ3v) is 4.05. The summed E-state index contributed by atoms with van der Waals surface area (Å²) in [6.45, 7) is 13.9. The van der Waals surface area contributed by atoms with Crippen LogP contribution >= 0.6 is 0 Å². The molecule has 1 radical (unpaired) electrons. The second-order valence-corrected chi connectivity index (χ2v) is 7.51. The van der Waals surface area contributed by atoms with Crippen molar-refractivity contribution in [2.75, 3.05) is 0 Å². The summed E-state index contributed by atoms with van der Waals surface area (Å²) in [5, 5.41) is 0.578. The Hall–Kier alpha value is -0.108. The summed E-state index contributed by atoms with van der Waals surface area (Å²) in [4.78, 5) is 24.6. The number of carbonyl (C=O) groups is 1. The summed E-state index contributed by atoms with van der Waals surface area (Å²) in [6, 6.07) is 4.93. The van der Waals surface area contributed by atoms with Gasteiger partial charge in [0.1, 0.15) is 5.43 Å². The fourth-order valence-electron chi connectivity index (χ4n) is 2.87. The topological polar surface area (TPSA) is 39.1 Å². The number of aromatic nitrogens is 1. The van der Waals surface area contributed by atoms with Gasteiger partial charge < -0.3 is 15.3 Å². The SMILES string of the molecule is CC(=O)c1cn(C(C)(C)C)c2c(C[C-](C)C)c(C)[c-]cc2c1=O.[W].[Y]. The number of pyridine rings is 1. The van der Waals surface area contributed by atoms with Crippen molar-refractivity contribution in [1.82, 2.24) is 4.57 Å². The molecule has 0 unspecified atom stereocenters. The monoisotopic (exact) mass is 584 g/mol. The third kappa shape index (κ3) is 5.21. The molecule has 0 amide bonds. The minimum atomic E-state index is -0.236. The average Bonchev–Trinajstić information content (AvgIpc) is 2.40. The molecule has 3 nitrogen and oxygen atoms in total. The first kappa shape index (κ1) is 24.9. The zero-order valence-corrected chi connectivity index (χ0v) is 21.9. The van der Waals surface area contributed by atoms with Gasteiger partial charge in [-0.1, -0.05) is 17.8 Å². The van der Waals surface area contributed by atoms with Crippen LogP contribution in [0.4, 0.5) is 0 Å². The standard InChI is InChI=1S/C20H25NO2.W.Y/c1-12(2)10-16-13(3)8-9-15-18(16)21(20(5,6)7)11-17(14(4)22)19(15)23;;/h9,11H,10H2,1-7H3;;/q-2;;. The van der Waals surface area contributed by atoms with Gasteiger partial charge in [-0.2, -0.15) is 43.5 Å². The largest absolute Gasteiger partial charge is 0.364 e. The van der Waals surface area contributed by atoms with E-state index in [1.165, 1.54) is 12.8 Å². The molecule has 0 spiro atoms. The van der Waals surface area contributed by atoms with Crippen LogP contribution in [0.25, 0.3) is 10.9 Å². The van der Waals surface area contributed by atoms with Crippen molar-refractivity contribution in [1.29, 1.82) is 0 Å². The average molecular weight is 584 g/mol. The van der Waals surface area contributed by atoms with Crippen molar-refractivity contribution in [3.05, 3.63) is 51.2 Å². The van der Waals surface area contributed by atoms with E-state index < -0.39 is 0 Å². The third-order valence-electron chi connectivity index (χ3n) is 4.05. The molecule has 0 aliphatic heterocycles. The smallest absolute Gasteiger partial charge is 0.164 e. The zero-order chi connectivity index (χ0) is 17.5. The number of carbonyl (C=O) groups excluding carboxylic acids is 1. The Morgan fingerprint density at radius 2 is 1.84 bits per heavy atom. The number of aryl methyl sites for hydroxylation is 1. The van der Waals surface area contributed by atoms with Crippen LogP contribution in [0.5, 0.6) is 0 Å². The maximum atomic E-state index is 12.7. The Kier molecular flexibility index (Phi) is 9.16. The maximum absolute atomic E-state index is 12.7. The predicted molar refractivity (Wildman–Crippen MR) is 95.1 cm³/mol. The molecule has 0 fully saturated rings. The molecule has 5 heteroatoms. The Morgan fingerprint density at radius 1 is 1.28 bits per heavy atom. The Bertz CT molecular complexity index is 832. The molecule has 0 atom stereocenters. The number of hydrogen-bond donors (Lipinski definition) is 0. The van der Waals surface area contributed by atoms with Gasteiger partial charge in [0.05, 0.1) is 5.56 Å². The molecule has 2 aromatic rings. The number of fused-ring (bicyclic) bond motifs is 1. The molecule has 0 saturated carbocycles. The number of rotatable bonds is 3. The van der Waals surface area contributed by atoms with Crippen LogP contribution in [0.15, 0.2) is 17.1 Å². The molecule has 25 heavy (non-hydrogen) atoms. The van der Waals surface area contributed by atoms with Crippen LogP contribution < -0.4 is 5.43 Å². The summed E-state index contributed by atoms with van der Waals surface area (Å²) in [5.41, 5.74) is 2.90. The molecular weight excluding hydrogens is 559 g/mol. The summed E-state index contributed by atoms with van der Waals surface area (Å²) >= 11 is 0. The van der Waals surface area contributed by atoms with Crippen molar-refractivity contribution in [3.8, 4) is 0 Å². The Morgan fingerprint density at radius 3 is 2.28 bits per heavy atom. The van der Waals surface area contributed by atoms with Crippen LogP contribution in [0.1, 0.15) is 63.0 Å². The number of benzene rings is 1. The van der Waals surface area contributed by atoms with E-state index in [9.17, 15) is 9.59 Å². The molecule has 0 bridgehead atoms. The van der Waals surface area contributed by atoms with E-state index in [-0.39, 0.29) is 76.1 Å². The minimum absolute atomic E-state index is 0. The van der Waals surface area contributed by atoms with E-state index in [1.54, 1.807) is 12.3 Å². The fourth-order valence-corrected chi connectivity index (χ4v) is 2.87. The van der Waals surface area contributed by atoms with Gasteiger partial charge in [-0.25, -0.2) is 0 Å². The number of ketones is 1. The van der Waals surface area contributed by atoms with Crippen molar-refractivity contribution in [2.45, 2.75) is 60.4 Å². The molecule has 0 aliphatic rings. The van der Waals surface area contributed by atoms with Crippen molar-refractivity contribution in [3.63, 3.8) is 0 Å². The molecule has 0 N–H and O–H groups in total. The minimum Gasteiger partial charge on any atom is -0.364 e. The molecule has 1 heterocycles. The molecular formula is C20H25NO2WY-2.